The van der Waals surface area contributed by atoms with E-state index in [2.05, 4.69) is 99.1 Å². The number of fused-ring (bicyclic) bond motifs is 2. The molecule has 1 aliphatic heterocycles. The molecule has 1 aliphatic rings. The molecule has 0 spiro atoms. The highest BCUT2D eigenvalue weighted by molar-refractivity contribution is 5.83. The lowest BCUT2D eigenvalue weighted by Gasteiger charge is -2.42. The Kier molecular flexibility index (Phi) is 5.76. The summed E-state index contributed by atoms with van der Waals surface area (Å²) in [4.78, 5) is 5.24. The molecule has 0 aliphatic carbocycles. The molecule has 3 aromatic carbocycles. The molecule has 4 rings (SSSR count). The minimum Gasteiger partial charge on any atom is -0.284 e. The molecule has 0 amide bonds. The summed E-state index contributed by atoms with van der Waals surface area (Å²) in [6, 6.07) is 20.8. The number of hydrogen-bond donors (Lipinski definition) is 0. The summed E-state index contributed by atoms with van der Waals surface area (Å²) in [6.45, 7) is 11.3. The van der Waals surface area contributed by atoms with Crippen LogP contribution >= 0.6 is 0 Å². The lowest BCUT2D eigenvalue weighted by Crippen LogP contribution is -2.49. The van der Waals surface area contributed by atoms with Gasteiger partial charge in [0.25, 0.3) is 0 Å². The number of benzene rings is 3. The zero-order valence-corrected chi connectivity index (χ0v) is 18.6. The van der Waals surface area contributed by atoms with Crippen molar-refractivity contribution in [1.29, 1.82) is 0 Å². The van der Waals surface area contributed by atoms with Crippen LogP contribution in [0.15, 0.2) is 54.6 Å². The molecule has 0 saturated heterocycles. The molecule has 0 aromatic heterocycles. The first-order valence-corrected chi connectivity index (χ1v) is 11.0. The first kappa shape index (κ1) is 20.1. The Morgan fingerprint density at radius 2 is 1.62 bits per heavy atom. The SMILES string of the molecule is CCC(N1CCc2cc(C)c(C)cc2C1)N(C)C(C)c1ccc2ccccc2c1. The Hall–Kier alpha value is -2.16. The highest BCUT2D eigenvalue weighted by Crippen LogP contribution is 2.30. The van der Waals surface area contributed by atoms with Gasteiger partial charge in [-0.05, 0) is 85.3 Å². The Morgan fingerprint density at radius 1 is 0.931 bits per heavy atom. The Bertz CT molecular complexity index is 1010. The summed E-state index contributed by atoms with van der Waals surface area (Å²) in [5, 5.41) is 2.65. The van der Waals surface area contributed by atoms with Crippen molar-refractivity contribution in [2.45, 2.75) is 59.3 Å². The summed E-state index contributed by atoms with van der Waals surface area (Å²) >= 11 is 0. The Labute approximate surface area is 176 Å². The largest absolute Gasteiger partial charge is 0.284 e. The van der Waals surface area contributed by atoms with Crippen molar-refractivity contribution in [3.8, 4) is 0 Å². The Balaban J connectivity index is 1.55. The van der Waals surface area contributed by atoms with Crippen LogP contribution in [0.2, 0.25) is 0 Å². The molecule has 152 valence electrons. The molecule has 0 N–H and O–H groups in total. The van der Waals surface area contributed by atoms with Gasteiger partial charge in [-0.15, -0.1) is 0 Å². The highest BCUT2D eigenvalue weighted by Gasteiger charge is 2.28. The summed E-state index contributed by atoms with van der Waals surface area (Å²) < 4.78 is 0. The smallest absolute Gasteiger partial charge is 0.0625 e. The van der Waals surface area contributed by atoms with Gasteiger partial charge < -0.3 is 0 Å². The van der Waals surface area contributed by atoms with Crippen LogP contribution in [0.5, 0.6) is 0 Å². The van der Waals surface area contributed by atoms with Gasteiger partial charge in [-0.25, -0.2) is 0 Å². The van der Waals surface area contributed by atoms with Crippen molar-refractivity contribution in [3.05, 3.63) is 82.4 Å². The van der Waals surface area contributed by atoms with E-state index >= 15 is 0 Å². The average molecular weight is 387 g/mol. The van der Waals surface area contributed by atoms with E-state index in [1.54, 1.807) is 5.56 Å². The predicted molar refractivity (Wildman–Crippen MR) is 124 cm³/mol. The lowest BCUT2D eigenvalue weighted by atomic mass is 9.94. The summed E-state index contributed by atoms with van der Waals surface area (Å²) in [5.41, 5.74) is 7.30. The molecule has 3 aromatic rings. The van der Waals surface area contributed by atoms with E-state index in [1.165, 1.54) is 33.0 Å². The van der Waals surface area contributed by atoms with Crippen LogP contribution < -0.4 is 0 Å². The van der Waals surface area contributed by atoms with Crippen molar-refractivity contribution in [1.82, 2.24) is 9.80 Å². The summed E-state index contributed by atoms with van der Waals surface area (Å²) in [5.74, 6) is 0. The molecule has 1 heterocycles. The van der Waals surface area contributed by atoms with E-state index in [1.807, 2.05) is 0 Å². The molecule has 0 bridgehead atoms. The molecule has 2 unspecified atom stereocenters. The van der Waals surface area contributed by atoms with Gasteiger partial charge in [0.05, 0.1) is 6.17 Å². The molecule has 2 nitrogen and oxygen atoms in total. The minimum atomic E-state index is 0.380. The van der Waals surface area contributed by atoms with Crippen LogP contribution in [0.1, 0.15) is 54.1 Å². The zero-order valence-electron chi connectivity index (χ0n) is 18.6. The van der Waals surface area contributed by atoms with E-state index in [0.717, 1.165) is 25.9 Å². The van der Waals surface area contributed by atoms with E-state index in [4.69, 9.17) is 0 Å². The third kappa shape index (κ3) is 3.97. The molecule has 2 atom stereocenters. The average Bonchev–Trinajstić information content (AvgIpc) is 2.74. The molecular weight excluding hydrogens is 352 g/mol. The van der Waals surface area contributed by atoms with Gasteiger partial charge in [0, 0.05) is 19.1 Å². The van der Waals surface area contributed by atoms with Crippen LogP contribution in [0, 0.1) is 13.8 Å². The second kappa shape index (κ2) is 8.30. The number of aryl methyl sites for hydroxylation is 2. The van der Waals surface area contributed by atoms with E-state index < -0.39 is 0 Å². The molecule has 0 radical (unpaired) electrons. The topological polar surface area (TPSA) is 6.48 Å². The van der Waals surface area contributed by atoms with Crippen molar-refractivity contribution < 1.29 is 0 Å². The lowest BCUT2D eigenvalue weighted by molar-refractivity contribution is 0.0232. The summed E-state index contributed by atoms with van der Waals surface area (Å²) in [6.07, 6.45) is 2.74. The maximum absolute atomic E-state index is 2.68. The van der Waals surface area contributed by atoms with Crippen molar-refractivity contribution in [2.24, 2.45) is 0 Å². The maximum Gasteiger partial charge on any atom is 0.0625 e. The van der Waals surface area contributed by atoms with Gasteiger partial charge in [0.1, 0.15) is 0 Å². The maximum atomic E-state index is 2.68. The van der Waals surface area contributed by atoms with Gasteiger partial charge >= 0.3 is 0 Å². The Morgan fingerprint density at radius 3 is 2.34 bits per heavy atom. The molecule has 0 saturated carbocycles. The summed E-state index contributed by atoms with van der Waals surface area (Å²) in [7, 11) is 2.30. The quantitative estimate of drug-likeness (QED) is 0.512. The molecular formula is C27H34N2. The van der Waals surface area contributed by atoms with Gasteiger partial charge in [-0.3, -0.25) is 9.80 Å². The van der Waals surface area contributed by atoms with Crippen LogP contribution in [-0.2, 0) is 13.0 Å². The molecule has 29 heavy (non-hydrogen) atoms. The molecule has 0 fully saturated rings. The fraction of sp³-hybridized carbons (Fsp3) is 0.407. The van der Waals surface area contributed by atoms with Gasteiger partial charge in [-0.2, -0.15) is 0 Å². The third-order valence-corrected chi connectivity index (χ3v) is 6.98. The van der Waals surface area contributed by atoms with E-state index in [-0.39, 0.29) is 0 Å². The zero-order chi connectivity index (χ0) is 20.5. The monoisotopic (exact) mass is 386 g/mol. The van der Waals surface area contributed by atoms with Crippen molar-refractivity contribution in [2.75, 3.05) is 13.6 Å². The standard InChI is InChI=1S/C27H34N2/c1-6-27(29-14-13-25-15-19(2)20(3)16-26(25)18-29)28(5)21(4)23-12-11-22-9-7-8-10-24(22)17-23/h7-12,15-17,21,27H,6,13-14,18H2,1-5H3. The van der Waals surface area contributed by atoms with Crippen LogP contribution in [0.3, 0.4) is 0 Å². The minimum absolute atomic E-state index is 0.380. The van der Waals surface area contributed by atoms with Crippen LogP contribution in [-0.4, -0.2) is 29.6 Å². The fourth-order valence-corrected chi connectivity index (χ4v) is 4.90. The van der Waals surface area contributed by atoms with Crippen LogP contribution in [0.4, 0.5) is 0 Å². The normalized spacial score (nSPS) is 16.8. The second-order valence-electron chi connectivity index (χ2n) is 8.76. The van der Waals surface area contributed by atoms with Crippen molar-refractivity contribution in [3.63, 3.8) is 0 Å². The molecule has 2 heteroatoms. The third-order valence-electron chi connectivity index (χ3n) is 6.98. The van der Waals surface area contributed by atoms with Gasteiger partial charge in [0.2, 0.25) is 0 Å². The van der Waals surface area contributed by atoms with Crippen LogP contribution in [0.25, 0.3) is 10.8 Å². The number of rotatable bonds is 5. The number of nitrogens with zero attached hydrogens (tertiary/aromatic N) is 2. The fourth-order valence-electron chi connectivity index (χ4n) is 4.90. The van der Waals surface area contributed by atoms with E-state index in [9.17, 15) is 0 Å². The highest BCUT2D eigenvalue weighted by atomic mass is 15.4. The van der Waals surface area contributed by atoms with Crippen molar-refractivity contribution >= 4 is 10.8 Å². The second-order valence-corrected chi connectivity index (χ2v) is 8.76. The van der Waals surface area contributed by atoms with E-state index in [0.29, 0.717) is 12.2 Å². The first-order valence-electron chi connectivity index (χ1n) is 11.0. The first-order chi connectivity index (χ1) is 14.0. The number of hydrogen-bond acceptors (Lipinski definition) is 2. The predicted octanol–water partition coefficient (Wildman–Crippen LogP) is 6.24. The van der Waals surface area contributed by atoms with Gasteiger partial charge in [0.15, 0.2) is 0 Å². The van der Waals surface area contributed by atoms with Gasteiger partial charge in [-0.1, -0.05) is 55.5 Å².